The number of esters is 1. The molecule has 0 saturated heterocycles. The van der Waals surface area contributed by atoms with Gasteiger partial charge in [0.15, 0.2) is 6.61 Å². The number of carbonyl (C=O) groups is 1. The summed E-state index contributed by atoms with van der Waals surface area (Å²) in [5, 5.41) is 3.79. The smallest absolute Gasteiger partial charge is 0.343 e. The minimum absolute atomic E-state index is 0.126. The number of nitrogens with two attached hydrogens (primary N) is 1. The second-order valence-corrected chi connectivity index (χ2v) is 10.2. The minimum Gasteiger partial charge on any atom is -0.482 e. The third kappa shape index (κ3) is 4.90. The summed E-state index contributed by atoms with van der Waals surface area (Å²) < 4.78 is 11.2. The molecule has 0 amide bonds. The predicted molar refractivity (Wildman–Crippen MR) is 134 cm³/mol. The third-order valence-electron chi connectivity index (χ3n) is 4.80. The Hall–Kier alpha value is -2.62. The molecular weight excluding hydrogens is 462 g/mol. The number of unbranched alkanes of at least 4 members (excludes halogenated alkanes) is 1. The number of methoxy groups -OCH3 is 1. The standard InChI is InChI=1S/C23H23N3O3S3/c1-3-4-10-31-23-20(24)19-16(12-17(26-22(19)32-23)21-25-9-11-30-21)14-5-7-15(8-6-14)29-13-18(27)28-2/h5-9,11-12H,3-4,10,13,24H2,1-2H3. The summed E-state index contributed by atoms with van der Waals surface area (Å²) in [7, 11) is 1.34. The number of hydrogen-bond acceptors (Lipinski definition) is 9. The first kappa shape index (κ1) is 22.6. The molecule has 0 bridgehead atoms. The monoisotopic (exact) mass is 485 g/mol. The van der Waals surface area contributed by atoms with Crippen LogP contribution in [0.5, 0.6) is 5.75 Å². The van der Waals surface area contributed by atoms with Gasteiger partial charge in [-0.25, -0.2) is 14.8 Å². The molecule has 166 valence electrons. The average molecular weight is 486 g/mol. The van der Waals surface area contributed by atoms with Crippen molar-refractivity contribution in [2.24, 2.45) is 0 Å². The van der Waals surface area contributed by atoms with Crippen molar-refractivity contribution in [3.05, 3.63) is 41.9 Å². The summed E-state index contributed by atoms with van der Waals surface area (Å²) >= 11 is 5.00. The van der Waals surface area contributed by atoms with Gasteiger partial charge < -0.3 is 15.2 Å². The molecule has 0 atom stereocenters. The number of pyridine rings is 1. The molecular formula is C23H23N3O3S3. The lowest BCUT2D eigenvalue weighted by Gasteiger charge is -2.09. The van der Waals surface area contributed by atoms with Crippen LogP contribution in [0.15, 0.2) is 46.1 Å². The highest BCUT2D eigenvalue weighted by atomic mass is 32.2. The number of anilines is 1. The lowest BCUT2D eigenvalue weighted by atomic mass is 10.0. The summed E-state index contributed by atoms with van der Waals surface area (Å²) in [4.78, 5) is 21.6. The summed E-state index contributed by atoms with van der Waals surface area (Å²) in [6.07, 6.45) is 4.09. The number of carbonyl (C=O) groups excluding carboxylic acids is 1. The fourth-order valence-corrected chi connectivity index (χ4v) is 6.19. The van der Waals surface area contributed by atoms with E-state index in [9.17, 15) is 4.79 Å². The van der Waals surface area contributed by atoms with Crippen LogP contribution in [0.25, 0.3) is 32.0 Å². The van der Waals surface area contributed by atoms with Crippen molar-refractivity contribution in [3.8, 4) is 27.6 Å². The van der Waals surface area contributed by atoms with E-state index in [4.69, 9.17) is 15.5 Å². The molecule has 0 fully saturated rings. The van der Waals surface area contributed by atoms with E-state index in [1.54, 1.807) is 40.6 Å². The van der Waals surface area contributed by atoms with Crippen molar-refractivity contribution in [1.29, 1.82) is 0 Å². The van der Waals surface area contributed by atoms with Gasteiger partial charge in [-0.1, -0.05) is 25.5 Å². The Balaban J connectivity index is 1.75. The molecule has 9 heteroatoms. The molecule has 32 heavy (non-hydrogen) atoms. The third-order valence-corrected chi connectivity index (χ3v) is 8.07. The Morgan fingerprint density at radius 3 is 2.75 bits per heavy atom. The summed E-state index contributed by atoms with van der Waals surface area (Å²) in [6, 6.07) is 9.66. The van der Waals surface area contributed by atoms with Crippen molar-refractivity contribution >= 4 is 56.3 Å². The van der Waals surface area contributed by atoms with E-state index in [2.05, 4.69) is 22.7 Å². The van der Waals surface area contributed by atoms with Crippen LogP contribution in [0.2, 0.25) is 0 Å². The van der Waals surface area contributed by atoms with Gasteiger partial charge in [0.1, 0.15) is 21.3 Å². The molecule has 0 spiro atoms. The van der Waals surface area contributed by atoms with Crippen molar-refractivity contribution in [2.45, 2.75) is 24.0 Å². The molecule has 6 nitrogen and oxygen atoms in total. The molecule has 0 aliphatic rings. The molecule has 0 unspecified atom stereocenters. The quantitative estimate of drug-likeness (QED) is 0.174. The molecule has 4 rings (SSSR count). The van der Waals surface area contributed by atoms with Gasteiger partial charge in [0.2, 0.25) is 0 Å². The summed E-state index contributed by atoms with van der Waals surface area (Å²) in [5.41, 5.74) is 10.2. The first-order valence-corrected chi connectivity index (χ1v) is 12.8. The maximum absolute atomic E-state index is 11.3. The van der Waals surface area contributed by atoms with E-state index in [0.29, 0.717) is 5.75 Å². The van der Waals surface area contributed by atoms with E-state index in [1.807, 2.05) is 29.6 Å². The van der Waals surface area contributed by atoms with Crippen molar-refractivity contribution in [3.63, 3.8) is 0 Å². The maximum atomic E-state index is 11.3. The number of nitrogen functional groups attached to an aromatic ring is 1. The van der Waals surface area contributed by atoms with E-state index >= 15 is 0 Å². The first-order chi connectivity index (χ1) is 15.6. The van der Waals surface area contributed by atoms with Crippen LogP contribution in [-0.4, -0.2) is 35.4 Å². The average Bonchev–Trinajstić information content (AvgIpc) is 3.46. The van der Waals surface area contributed by atoms with E-state index in [0.717, 1.165) is 60.5 Å². The molecule has 4 aromatic rings. The maximum Gasteiger partial charge on any atom is 0.343 e. The van der Waals surface area contributed by atoms with Gasteiger partial charge in [-0.05, 0) is 41.5 Å². The number of fused-ring (bicyclic) bond motifs is 1. The summed E-state index contributed by atoms with van der Waals surface area (Å²) in [6.45, 7) is 2.06. The van der Waals surface area contributed by atoms with E-state index < -0.39 is 5.97 Å². The number of thioether (sulfide) groups is 1. The Morgan fingerprint density at radius 1 is 1.25 bits per heavy atom. The van der Waals surface area contributed by atoms with Gasteiger partial charge in [0, 0.05) is 17.0 Å². The Bertz CT molecular complexity index is 1200. The molecule has 0 saturated carbocycles. The van der Waals surface area contributed by atoms with Crippen LogP contribution in [-0.2, 0) is 9.53 Å². The Labute approximate surface area is 198 Å². The van der Waals surface area contributed by atoms with Crippen LogP contribution in [0.4, 0.5) is 5.69 Å². The van der Waals surface area contributed by atoms with Gasteiger partial charge in [0.05, 0.1) is 17.0 Å². The first-order valence-electron chi connectivity index (χ1n) is 10.2. The molecule has 0 aliphatic heterocycles. The number of aromatic nitrogens is 2. The SMILES string of the molecule is CCCCSc1sc2nc(-c3nccs3)cc(-c3ccc(OCC(=O)OC)cc3)c2c1N. The highest BCUT2D eigenvalue weighted by molar-refractivity contribution is 8.01. The molecule has 3 aromatic heterocycles. The van der Waals surface area contributed by atoms with Crippen molar-refractivity contribution < 1.29 is 14.3 Å². The van der Waals surface area contributed by atoms with Crippen molar-refractivity contribution in [2.75, 3.05) is 25.2 Å². The Morgan fingerprint density at radius 2 is 2.06 bits per heavy atom. The summed E-state index contributed by atoms with van der Waals surface area (Å²) in [5.74, 6) is 1.21. The zero-order valence-electron chi connectivity index (χ0n) is 17.8. The number of nitrogens with zero attached hydrogens (tertiary/aromatic N) is 2. The molecule has 3 heterocycles. The van der Waals surface area contributed by atoms with Gasteiger partial charge >= 0.3 is 5.97 Å². The van der Waals surface area contributed by atoms with E-state index in [-0.39, 0.29) is 6.61 Å². The highest BCUT2D eigenvalue weighted by Gasteiger charge is 2.19. The minimum atomic E-state index is -0.419. The fourth-order valence-electron chi connectivity index (χ4n) is 3.14. The molecule has 1 aromatic carbocycles. The van der Waals surface area contributed by atoms with E-state index in [1.165, 1.54) is 7.11 Å². The predicted octanol–water partition coefficient (Wildman–Crippen LogP) is 6.11. The van der Waals surface area contributed by atoms with Crippen LogP contribution in [0, 0.1) is 0 Å². The lowest BCUT2D eigenvalue weighted by Crippen LogP contribution is -2.12. The number of thiophene rings is 1. The van der Waals surface area contributed by atoms with Crippen LogP contribution in [0.1, 0.15) is 19.8 Å². The van der Waals surface area contributed by atoms with Crippen LogP contribution in [0.3, 0.4) is 0 Å². The van der Waals surface area contributed by atoms with Gasteiger partial charge in [-0.2, -0.15) is 0 Å². The largest absolute Gasteiger partial charge is 0.482 e. The van der Waals surface area contributed by atoms with Crippen LogP contribution < -0.4 is 10.5 Å². The molecule has 0 radical (unpaired) electrons. The zero-order chi connectivity index (χ0) is 22.5. The van der Waals surface area contributed by atoms with Crippen molar-refractivity contribution in [1.82, 2.24) is 9.97 Å². The van der Waals surface area contributed by atoms with Gasteiger partial charge in [-0.15, -0.1) is 34.4 Å². The number of ether oxygens (including phenoxy) is 2. The molecule has 0 aliphatic carbocycles. The molecule has 2 N–H and O–H groups in total. The second kappa shape index (κ2) is 10.3. The van der Waals surface area contributed by atoms with Crippen LogP contribution >= 0.6 is 34.4 Å². The topological polar surface area (TPSA) is 87.3 Å². The number of rotatable bonds is 9. The second-order valence-electron chi connectivity index (χ2n) is 6.97. The normalized spacial score (nSPS) is 11.1. The number of thiazole rings is 1. The lowest BCUT2D eigenvalue weighted by molar-refractivity contribution is -0.142. The van der Waals surface area contributed by atoms with Gasteiger partial charge in [0.25, 0.3) is 0 Å². The van der Waals surface area contributed by atoms with Gasteiger partial charge in [-0.3, -0.25) is 0 Å². The number of hydrogen-bond donors (Lipinski definition) is 1. The Kier molecular flexibility index (Phi) is 7.29. The fraction of sp³-hybridized carbons (Fsp3) is 0.261. The number of benzene rings is 1. The zero-order valence-corrected chi connectivity index (χ0v) is 20.2. The highest BCUT2D eigenvalue weighted by Crippen LogP contribution is 2.45.